The van der Waals surface area contributed by atoms with E-state index in [0.717, 1.165) is 6.42 Å². The van der Waals surface area contributed by atoms with Gasteiger partial charge in [0.15, 0.2) is 0 Å². The molecule has 1 saturated heterocycles. The number of carbonyl (C=O) groups is 1. The lowest BCUT2D eigenvalue weighted by Crippen LogP contribution is -2.39. The summed E-state index contributed by atoms with van der Waals surface area (Å²) in [6.45, 7) is 2.57. The number of rotatable bonds is 2. The lowest BCUT2D eigenvalue weighted by molar-refractivity contribution is 0.0864. The van der Waals surface area contributed by atoms with Gasteiger partial charge in [-0.3, -0.25) is 4.79 Å². The Bertz CT molecular complexity index is 436. The van der Waals surface area contributed by atoms with Crippen molar-refractivity contribution in [1.82, 2.24) is 5.32 Å². The topological polar surface area (TPSA) is 58.6 Å². The first-order chi connectivity index (χ1) is 8.08. The summed E-state index contributed by atoms with van der Waals surface area (Å²) >= 11 is 5.70. The van der Waals surface area contributed by atoms with E-state index < -0.39 is 0 Å². The predicted octanol–water partition coefficient (Wildman–Crippen LogP) is 1.95. The van der Waals surface area contributed by atoms with Gasteiger partial charge in [0, 0.05) is 11.6 Å². The van der Waals surface area contributed by atoms with E-state index in [1.807, 2.05) is 6.92 Å². The van der Waals surface area contributed by atoms with Crippen LogP contribution in [0.5, 0.6) is 5.75 Å². The summed E-state index contributed by atoms with van der Waals surface area (Å²) in [5.41, 5.74) is 0.230. The average Bonchev–Trinajstić information content (AvgIpc) is 2.64. The van der Waals surface area contributed by atoms with Crippen LogP contribution in [0.25, 0.3) is 0 Å². The van der Waals surface area contributed by atoms with E-state index in [4.69, 9.17) is 16.3 Å². The first-order valence-electron chi connectivity index (χ1n) is 5.49. The van der Waals surface area contributed by atoms with E-state index in [0.29, 0.717) is 11.6 Å². The Kier molecular flexibility index (Phi) is 3.54. The monoisotopic (exact) mass is 255 g/mol. The quantitative estimate of drug-likeness (QED) is 0.849. The summed E-state index contributed by atoms with van der Waals surface area (Å²) in [7, 11) is 0. The molecule has 1 aliphatic rings. The molecule has 1 aliphatic heterocycles. The lowest BCUT2D eigenvalue weighted by atomic mass is 10.1. The Balaban J connectivity index is 2.09. The molecule has 0 radical (unpaired) electrons. The zero-order chi connectivity index (χ0) is 12.4. The van der Waals surface area contributed by atoms with Gasteiger partial charge < -0.3 is 15.2 Å². The molecule has 2 N–H and O–H groups in total. The van der Waals surface area contributed by atoms with E-state index in [9.17, 15) is 9.90 Å². The van der Waals surface area contributed by atoms with Gasteiger partial charge in [-0.25, -0.2) is 0 Å². The molecule has 1 aromatic rings. The first-order valence-corrected chi connectivity index (χ1v) is 5.86. The third kappa shape index (κ3) is 2.70. The maximum absolute atomic E-state index is 11.9. The smallest absolute Gasteiger partial charge is 0.255 e. The summed E-state index contributed by atoms with van der Waals surface area (Å²) in [4.78, 5) is 11.9. The van der Waals surface area contributed by atoms with Crippen LogP contribution in [0.15, 0.2) is 18.2 Å². The number of halogens is 1. The summed E-state index contributed by atoms with van der Waals surface area (Å²) in [6, 6.07) is 4.43. The number of aromatic hydroxyl groups is 1. The summed E-state index contributed by atoms with van der Waals surface area (Å²) in [6.07, 6.45) is 0.801. The van der Waals surface area contributed by atoms with Crippen molar-refractivity contribution in [2.75, 3.05) is 6.61 Å². The zero-order valence-electron chi connectivity index (χ0n) is 9.44. The Morgan fingerprint density at radius 3 is 2.94 bits per heavy atom. The highest BCUT2D eigenvalue weighted by Crippen LogP contribution is 2.22. The van der Waals surface area contributed by atoms with Gasteiger partial charge in [-0.2, -0.15) is 0 Å². The van der Waals surface area contributed by atoms with Crippen LogP contribution in [0.1, 0.15) is 23.7 Å². The van der Waals surface area contributed by atoms with Gasteiger partial charge in [0.05, 0.1) is 17.7 Å². The van der Waals surface area contributed by atoms with Crippen LogP contribution < -0.4 is 5.32 Å². The van der Waals surface area contributed by atoms with E-state index in [2.05, 4.69) is 5.32 Å². The third-order valence-corrected chi connectivity index (χ3v) is 3.13. The predicted molar refractivity (Wildman–Crippen MR) is 64.4 cm³/mol. The third-order valence-electron chi connectivity index (χ3n) is 2.90. The Morgan fingerprint density at radius 2 is 2.35 bits per heavy atom. The fraction of sp³-hybridized carbons (Fsp3) is 0.417. The van der Waals surface area contributed by atoms with Crippen LogP contribution in [-0.4, -0.2) is 29.8 Å². The number of amides is 1. The number of benzene rings is 1. The molecule has 2 rings (SSSR count). The average molecular weight is 256 g/mol. The van der Waals surface area contributed by atoms with Crippen molar-refractivity contribution < 1.29 is 14.6 Å². The van der Waals surface area contributed by atoms with Gasteiger partial charge >= 0.3 is 0 Å². The van der Waals surface area contributed by atoms with E-state index in [1.165, 1.54) is 12.1 Å². The molecule has 4 nitrogen and oxygen atoms in total. The molecular formula is C12H14ClNO3. The van der Waals surface area contributed by atoms with Gasteiger partial charge in [0.1, 0.15) is 5.75 Å². The Morgan fingerprint density at radius 1 is 1.59 bits per heavy atom. The maximum Gasteiger partial charge on any atom is 0.255 e. The van der Waals surface area contributed by atoms with E-state index in [1.54, 1.807) is 6.07 Å². The lowest BCUT2D eigenvalue weighted by Gasteiger charge is -2.16. The van der Waals surface area contributed by atoms with Crippen LogP contribution in [0.4, 0.5) is 0 Å². The number of nitrogens with one attached hydrogen (secondary N) is 1. The van der Waals surface area contributed by atoms with Crippen molar-refractivity contribution in [2.24, 2.45) is 0 Å². The molecular weight excluding hydrogens is 242 g/mol. The van der Waals surface area contributed by atoms with Gasteiger partial charge in [0.25, 0.3) is 5.91 Å². The van der Waals surface area contributed by atoms with Crippen molar-refractivity contribution in [2.45, 2.75) is 25.5 Å². The van der Waals surface area contributed by atoms with E-state index in [-0.39, 0.29) is 29.4 Å². The number of phenols is 1. The van der Waals surface area contributed by atoms with Crippen LogP contribution in [0.3, 0.4) is 0 Å². The first kappa shape index (κ1) is 12.2. The standard InChI is InChI=1S/C12H14ClNO3/c1-7-10(4-5-17-7)14-12(16)9-3-2-8(13)6-11(9)15/h2-3,6-7,10,15H,4-5H2,1H3,(H,14,16). The molecule has 2 atom stereocenters. The van der Waals surface area contributed by atoms with Crippen LogP contribution in [0, 0.1) is 0 Å². The van der Waals surface area contributed by atoms with Crippen LogP contribution in [0.2, 0.25) is 5.02 Å². The van der Waals surface area contributed by atoms with Crippen molar-refractivity contribution in [3.05, 3.63) is 28.8 Å². The largest absolute Gasteiger partial charge is 0.507 e. The Labute approximate surface area is 105 Å². The number of carbonyl (C=O) groups excluding carboxylic acids is 1. The molecule has 0 bridgehead atoms. The number of hydrogen-bond acceptors (Lipinski definition) is 3. The highest BCUT2D eigenvalue weighted by Gasteiger charge is 2.26. The number of hydrogen-bond donors (Lipinski definition) is 2. The minimum Gasteiger partial charge on any atom is -0.507 e. The summed E-state index contributed by atoms with van der Waals surface area (Å²) in [5.74, 6) is -0.414. The van der Waals surface area contributed by atoms with Gasteiger partial charge in [0.2, 0.25) is 0 Å². The van der Waals surface area contributed by atoms with Crippen molar-refractivity contribution >= 4 is 17.5 Å². The molecule has 0 aromatic heterocycles. The molecule has 1 aromatic carbocycles. The van der Waals surface area contributed by atoms with Gasteiger partial charge in [-0.05, 0) is 31.5 Å². The van der Waals surface area contributed by atoms with E-state index >= 15 is 0 Å². The molecule has 5 heteroatoms. The molecule has 0 saturated carbocycles. The molecule has 1 amide bonds. The fourth-order valence-corrected chi connectivity index (χ4v) is 2.03. The molecule has 92 valence electrons. The second kappa shape index (κ2) is 4.94. The Hall–Kier alpha value is -1.26. The van der Waals surface area contributed by atoms with Crippen LogP contribution in [-0.2, 0) is 4.74 Å². The normalized spacial score (nSPS) is 23.6. The zero-order valence-corrected chi connectivity index (χ0v) is 10.2. The SMILES string of the molecule is CC1OCCC1NC(=O)c1ccc(Cl)cc1O. The summed E-state index contributed by atoms with van der Waals surface area (Å²) < 4.78 is 5.35. The molecule has 17 heavy (non-hydrogen) atoms. The van der Waals surface area contributed by atoms with Gasteiger partial charge in [-0.15, -0.1) is 0 Å². The van der Waals surface area contributed by atoms with Crippen molar-refractivity contribution in [1.29, 1.82) is 0 Å². The number of phenolic OH excluding ortho intramolecular Hbond substituents is 1. The highest BCUT2D eigenvalue weighted by molar-refractivity contribution is 6.30. The van der Waals surface area contributed by atoms with Crippen molar-refractivity contribution in [3.8, 4) is 5.75 Å². The molecule has 2 unspecified atom stereocenters. The number of ether oxygens (including phenoxy) is 1. The molecule has 1 heterocycles. The molecule has 0 spiro atoms. The highest BCUT2D eigenvalue weighted by atomic mass is 35.5. The van der Waals surface area contributed by atoms with Crippen LogP contribution >= 0.6 is 11.6 Å². The molecule has 0 aliphatic carbocycles. The second-order valence-corrected chi connectivity index (χ2v) is 4.54. The molecule has 1 fully saturated rings. The van der Waals surface area contributed by atoms with Crippen molar-refractivity contribution in [3.63, 3.8) is 0 Å². The maximum atomic E-state index is 11.9. The minimum absolute atomic E-state index is 0.00224. The second-order valence-electron chi connectivity index (χ2n) is 4.11. The van der Waals surface area contributed by atoms with Gasteiger partial charge in [-0.1, -0.05) is 11.6 Å². The summed E-state index contributed by atoms with van der Waals surface area (Å²) in [5, 5.41) is 12.9. The fourth-order valence-electron chi connectivity index (χ4n) is 1.86. The minimum atomic E-state index is -0.304.